The number of benzene rings is 1. The van der Waals surface area contributed by atoms with E-state index in [0.717, 1.165) is 17.9 Å². The molecule has 4 nitrogen and oxygen atoms in total. The molecular formula is C25H41BO4Si. The van der Waals surface area contributed by atoms with Gasteiger partial charge in [0.25, 0.3) is 0 Å². The fraction of sp³-hybridized carbons (Fsp3) is 0.760. The van der Waals surface area contributed by atoms with Crippen LogP contribution in [0.3, 0.4) is 0 Å². The molecule has 5 rings (SSSR count). The first-order valence-corrected chi connectivity index (χ1v) is 14.9. The molecule has 0 spiro atoms. The van der Waals surface area contributed by atoms with Gasteiger partial charge in [0.05, 0.1) is 24.9 Å². The summed E-state index contributed by atoms with van der Waals surface area (Å²) in [5, 5.41) is 0.152. The molecule has 1 aromatic rings. The van der Waals surface area contributed by atoms with Crippen molar-refractivity contribution in [2.24, 2.45) is 17.3 Å². The predicted molar refractivity (Wildman–Crippen MR) is 128 cm³/mol. The van der Waals surface area contributed by atoms with Gasteiger partial charge in [-0.05, 0) is 60.7 Å². The van der Waals surface area contributed by atoms with Gasteiger partial charge < -0.3 is 18.5 Å². The molecule has 3 saturated carbocycles. The van der Waals surface area contributed by atoms with Gasteiger partial charge >= 0.3 is 7.12 Å². The van der Waals surface area contributed by atoms with Crippen LogP contribution in [-0.4, -0.2) is 39.8 Å². The van der Waals surface area contributed by atoms with Crippen molar-refractivity contribution < 1.29 is 18.5 Å². The number of rotatable bonds is 7. The summed E-state index contributed by atoms with van der Waals surface area (Å²) in [4.78, 5) is 0. The Hall–Kier alpha value is -0.658. The molecule has 0 unspecified atom stereocenters. The zero-order chi connectivity index (χ0) is 22.7. The Labute approximate surface area is 190 Å². The highest BCUT2D eigenvalue weighted by molar-refractivity contribution is 6.74. The maximum Gasteiger partial charge on any atom is 0.491 e. The van der Waals surface area contributed by atoms with E-state index in [1.807, 2.05) is 18.2 Å². The summed E-state index contributed by atoms with van der Waals surface area (Å²) in [6, 6.07) is 10.1. The molecule has 4 fully saturated rings. The fourth-order valence-corrected chi connectivity index (χ4v) is 6.56. The lowest BCUT2D eigenvalue weighted by Crippen LogP contribution is -2.65. The van der Waals surface area contributed by atoms with Crippen LogP contribution in [0.2, 0.25) is 18.1 Å². The van der Waals surface area contributed by atoms with Gasteiger partial charge in [0, 0.05) is 0 Å². The summed E-state index contributed by atoms with van der Waals surface area (Å²) in [6.45, 7) is 19.5. The van der Waals surface area contributed by atoms with Gasteiger partial charge in [0.2, 0.25) is 0 Å². The summed E-state index contributed by atoms with van der Waals surface area (Å²) in [7, 11) is -2.28. The SMILES string of the molecule is CC1(C)[C@@H]2C[C@H]3OB([C@H](CO[Si](C)(C)C(C)(C)C)OCc4ccccc4)O[C@@]3(C)[C@H]1C2. The Morgan fingerprint density at radius 2 is 1.81 bits per heavy atom. The first kappa shape index (κ1) is 23.5. The molecule has 31 heavy (non-hydrogen) atoms. The van der Waals surface area contributed by atoms with Gasteiger partial charge in [0.1, 0.15) is 6.00 Å². The van der Waals surface area contributed by atoms with Crippen LogP contribution < -0.4 is 0 Å². The van der Waals surface area contributed by atoms with E-state index in [-0.39, 0.29) is 29.9 Å². The zero-order valence-electron chi connectivity index (χ0n) is 20.7. The smallest absolute Gasteiger partial charge is 0.415 e. The Morgan fingerprint density at radius 1 is 1.13 bits per heavy atom. The number of hydrogen-bond donors (Lipinski definition) is 0. The van der Waals surface area contributed by atoms with E-state index >= 15 is 0 Å². The zero-order valence-corrected chi connectivity index (χ0v) is 21.7. The van der Waals surface area contributed by atoms with Crippen molar-refractivity contribution in [3.05, 3.63) is 35.9 Å². The third-order valence-corrected chi connectivity index (χ3v) is 13.5. The van der Waals surface area contributed by atoms with Crippen LogP contribution in [0.1, 0.15) is 59.9 Å². The third kappa shape index (κ3) is 4.19. The van der Waals surface area contributed by atoms with Crippen molar-refractivity contribution in [2.45, 2.75) is 96.8 Å². The summed E-state index contributed by atoms with van der Waals surface area (Å²) in [5.41, 5.74) is 1.26. The van der Waals surface area contributed by atoms with Crippen LogP contribution in [-0.2, 0) is 25.1 Å². The molecule has 1 heterocycles. The van der Waals surface area contributed by atoms with E-state index in [1.54, 1.807) is 0 Å². The minimum Gasteiger partial charge on any atom is -0.415 e. The fourth-order valence-electron chi connectivity index (χ4n) is 5.55. The first-order valence-electron chi connectivity index (χ1n) is 12.0. The predicted octanol–water partition coefficient (Wildman–Crippen LogP) is 5.86. The minimum atomic E-state index is -1.90. The highest BCUT2D eigenvalue weighted by Gasteiger charge is 2.68. The molecule has 1 aromatic carbocycles. The maximum atomic E-state index is 6.73. The van der Waals surface area contributed by atoms with Crippen molar-refractivity contribution in [3.63, 3.8) is 0 Å². The number of hydrogen-bond acceptors (Lipinski definition) is 4. The van der Waals surface area contributed by atoms with Crippen LogP contribution in [0.25, 0.3) is 0 Å². The first-order chi connectivity index (χ1) is 14.3. The van der Waals surface area contributed by atoms with Crippen molar-refractivity contribution in [1.29, 1.82) is 0 Å². The van der Waals surface area contributed by atoms with Crippen LogP contribution in [0.5, 0.6) is 0 Å². The highest BCUT2D eigenvalue weighted by atomic mass is 28.4. The van der Waals surface area contributed by atoms with E-state index < -0.39 is 8.32 Å². The second-order valence-electron chi connectivity index (χ2n) is 12.2. The third-order valence-electron chi connectivity index (χ3n) is 8.99. The summed E-state index contributed by atoms with van der Waals surface area (Å²) < 4.78 is 26.3. The Bertz CT molecular complexity index is 777. The van der Waals surface area contributed by atoms with Crippen LogP contribution >= 0.6 is 0 Å². The summed E-state index contributed by atoms with van der Waals surface area (Å²) >= 11 is 0. The highest BCUT2D eigenvalue weighted by Crippen LogP contribution is 2.65. The van der Waals surface area contributed by atoms with Crippen molar-refractivity contribution in [1.82, 2.24) is 0 Å². The van der Waals surface area contributed by atoms with E-state index in [4.69, 9.17) is 18.5 Å². The molecule has 3 aliphatic carbocycles. The second kappa shape index (κ2) is 7.98. The lowest BCUT2D eigenvalue weighted by Gasteiger charge is -2.64. The van der Waals surface area contributed by atoms with Gasteiger partial charge in [-0.3, -0.25) is 0 Å². The van der Waals surface area contributed by atoms with Gasteiger partial charge in [-0.1, -0.05) is 65.0 Å². The van der Waals surface area contributed by atoms with E-state index in [0.29, 0.717) is 24.5 Å². The van der Waals surface area contributed by atoms with Crippen LogP contribution in [0.15, 0.2) is 30.3 Å². The number of ether oxygens (including phenoxy) is 1. The van der Waals surface area contributed by atoms with Crippen molar-refractivity contribution in [3.8, 4) is 0 Å². The molecule has 1 saturated heterocycles. The molecule has 0 amide bonds. The quantitative estimate of drug-likeness (QED) is 0.494. The molecule has 6 heteroatoms. The van der Waals surface area contributed by atoms with E-state index in [2.05, 4.69) is 66.8 Å². The Kier molecular flexibility index (Phi) is 6.05. The summed E-state index contributed by atoms with van der Waals surface area (Å²) in [6.07, 6.45) is 2.50. The van der Waals surface area contributed by atoms with E-state index in [9.17, 15) is 0 Å². The monoisotopic (exact) mass is 444 g/mol. The molecule has 0 radical (unpaired) electrons. The average molecular weight is 444 g/mol. The van der Waals surface area contributed by atoms with Crippen LogP contribution in [0.4, 0.5) is 0 Å². The minimum absolute atomic E-state index is 0.152. The van der Waals surface area contributed by atoms with Gasteiger partial charge in [-0.15, -0.1) is 0 Å². The lowest BCUT2D eigenvalue weighted by molar-refractivity contribution is -0.199. The molecule has 0 aromatic heterocycles. The Morgan fingerprint density at radius 3 is 2.42 bits per heavy atom. The van der Waals surface area contributed by atoms with E-state index in [1.165, 1.54) is 6.42 Å². The van der Waals surface area contributed by atoms with Gasteiger partial charge in [0.15, 0.2) is 8.32 Å². The largest absolute Gasteiger partial charge is 0.491 e. The topological polar surface area (TPSA) is 36.9 Å². The average Bonchev–Trinajstić information content (AvgIpc) is 3.04. The standard InChI is InChI=1S/C25H41BO4Si/c1-23(2,3)31(7,8)28-17-22(27-16-18-12-10-9-11-13-18)26-29-21-15-19-14-20(24(19,4)5)25(21,6)30-26/h9-13,19-22H,14-17H2,1-8H3/t19-,20-,21+,22-,25-/m0/s1. The summed E-state index contributed by atoms with van der Waals surface area (Å²) in [5.74, 6) is 1.29. The molecule has 5 atom stereocenters. The Balaban J connectivity index is 1.49. The molecule has 172 valence electrons. The second-order valence-corrected chi connectivity index (χ2v) is 17.1. The van der Waals surface area contributed by atoms with Crippen LogP contribution in [0, 0.1) is 17.3 Å². The van der Waals surface area contributed by atoms with Gasteiger partial charge in [-0.25, -0.2) is 0 Å². The normalized spacial score (nSPS) is 33.0. The maximum absolute atomic E-state index is 6.73. The van der Waals surface area contributed by atoms with Gasteiger partial charge in [-0.2, -0.15) is 0 Å². The molecule has 0 N–H and O–H groups in total. The molecule has 4 aliphatic rings. The molecule has 2 bridgehead atoms. The van der Waals surface area contributed by atoms with Crippen molar-refractivity contribution in [2.75, 3.05) is 6.61 Å². The molecular weight excluding hydrogens is 403 g/mol. The van der Waals surface area contributed by atoms with Crippen molar-refractivity contribution >= 4 is 15.4 Å². The molecule has 1 aliphatic heterocycles. The lowest BCUT2D eigenvalue weighted by atomic mass is 9.43.